The van der Waals surface area contributed by atoms with Crippen molar-refractivity contribution in [3.63, 3.8) is 0 Å². The van der Waals surface area contributed by atoms with Gasteiger partial charge in [-0.1, -0.05) is 117 Å². The van der Waals surface area contributed by atoms with E-state index in [0.717, 1.165) is 96.6 Å². The minimum Gasteiger partial charge on any atom is -0.410 e. The fourth-order valence-electron chi connectivity index (χ4n) is 17.1. The monoisotopic (exact) mass is 841 g/mol. The predicted octanol–water partition coefficient (Wildman–Crippen LogP) is 12.0. The van der Waals surface area contributed by atoms with Crippen molar-refractivity contribution >= 4 is 22.6 Å². The zero-order chi connectivity index (χ0) is 43.0. The Morgan fingerprint density at radius 3 is 2.11 bits per heavy atom. The molecule has 0 radical (unpaired) electrons. The third-order valence-corrected chi connectivity index (χ3v) is 19.5. The molecule has 6 bridgehead atoms. The maximum atomic E-state index is 15.7. The van der Waals surface area contributed by atoms with Gasteiger partial charge in [0.05, 0.1) is 18.2 Å². The van der Waals surface area contributed by atoms with Gasteiger partial charge < -0.3 is 19.8 Å². The SMILES string of the molecule is CC12CCC(O)CC13C=CC1(C(C(=O)c4ccccc4-c4ccccc4)=C3)C2CCC2(C)C1CCC2(O)CN(CC12CC3CC(CC(C3)C1)C2)C(=O)Oc1ccc2ccccc2c1. The Hall–Kier alpha value is -4.52. The van der Waals surface area contributed by atoms with Gasteiger partial charge >= 0.3 is 6.09 Å². The lowest BCUT2D eigenvalue weighted by Crippen LogP contribution is -2.67. The fourth-order valence-corrected chi connectivity index (χ4v) is 17.1. The van der Waals surface area contributed by atoms with E-state index in [1.54, 1.807) is 0 Å². The molecule has 4 aromatic carbocycles. The van der Waals surface area contributed by atoms with Crippen molar-refractivity contribution in [2.45, 2.75) is 109 Å². The summed E-state index contributed by atoms with van der Waals surface area (Å²) in [5.74, 6) is 2.94. The van der Waals surface area contributed by atoms with Crippen LogP contribution in [-0.2, 0) is 0 Å². The number of ether oxygens (including phenoxy) is 1. The normalized spacial score (nSPS) is 40.2. The highest BCUT2D eigenvalue weighted by molar-refractivity contribution is 6.14. The highest BCUT2D eigenvalue weighted by Gasteiger charge is 2.75. The molecule has 0 heterocycles. The van der Waals surface area contributed by atoms with Crippen molar-refractivity contribution < 1.29 is 24.5 Å². The van der Waals surface area contributed by atoms with E-state index in [4.69, 9.17) is 4.74 Å². The maximum absolute atomic E-state index is 15.7. The van der Waals surface area contributed by atoms with E-state index in [0.29, 0.717) is 30.7 Å². The number of hydrogen-bond acceptors (Lipinski definition) is 5. The second-order valence-electron chi connectivity index (χ2n) is 22.7. The van der Waals surface area contributed by atoms with Gasteiger partial charge in [0.25, 0.3) is 0 Å². The van der Waals surface area contributed by atoms with Crippen molar-refractivity contribution in [3.8, 4) is 16.9 Å². The Kier molecular flexibility index (Phi) is 8.89. The van der Waals surface area contributed by atoms with Gasteiger partial charge in [0.15, 0.2) is 5.78 Å². The van der Waals surface area contributed by atoms with Crippen LogP contribution in [0.15, 0.2) is 121 Å². The first-order valence-electron chi connectivity index (χ1n) is 24.3. The molecular formula is C57H63NO5. The molecule has 8 atom stereocenters. The first-order chi connectivity index (χ1) is 30.3. The summed E-state index contributed by atoms with van der Waals surface area (Å²) in [5, 5.41) is 27.1. The molecule has 7 saturated carbocycles. The molecule has 0 saturated heterocycles. The molecule has 0 aromatic heterocycles. The van der Waals surface area contributed by atoms with E-state index in [2.05, 4.69) is 62.4 Å². The minimum atomic E-state index is -1.19. The first kappa shape index (κ1) is 40.0. The maximum Gasteiger partial charge on any atom is 0.415 e. The number of fused-ring (bicyclic) bond motifs is 2. The van der Waals surface area contributed by atoms with E-state index in [9.17, 15) is 15.0 Å². The standard InChI is InChI=1S/C57H63NO5/c1-52-21-18-43(59)33-55(52)24-25-57(47(34-55)50(60)46-15-9-8-14-45(46)41-11-4-3-5-12-41)48(52)19-22-53(2)49(57)20-23-56(53,62)36-58(35-54-30-37-26-38(31-54)28-39(27-37)32-54)51(61)63-44-17-16-40-10-6-7-13-42(40)29-44/h3-17,24-25,29,34,37-39,43,48-49,59,62H,18-23,26-28,30-33,35-36H2,1-2H3. The van der Waals surface area contributed by atoms with Crippen LogP contribution in [0.2, 0.25) is 0 Å². The molecule has 6 nitrogen and oxygen atoms in total. The number of rotatable bonds is 8. The Bertz CT molecular complexity index is 2540. The van der Waals surface area contributed by atoms with Gasteiger partial charge in [-0.3, -0.25) is 4.79 Å². The smallest absolute Gasteiger partial charge is 0.410 e. The average Bonchev–Trinajstić information content (AvgIpc) is 3.55. The van der Waals surface area contributed by atoms with Crippen molar-refractivity contribution in [2.24, 2.45) is 56.7 Å². The summed E-state index contributed by atoms with van der Waals surface area (Å²) in [6.07, 6.45) is 19.0. The van der Waals surface area contributed by atoms with Crippen LogP contribution in [0, 0.1) is 56.7 Å². The predicted molar refractivity (Wildman–Crippen MR) is 247 cm³/mol. The Labute approximate surface area is 372 Å². The van der Waals surface area contributed by atoms with Crippen LogP contribution in [-0.4, -0.2) is 51.8 Å². The van der Waals surface area contributed by atoms with Crippen LogP contribution >= 0.6 is 0 Å². The van der Waals surface area contributed by atoms with Crippen LogP contribution in [0.25, 0.3) is 21.9 Å². The number of carbonyl (C=O) groups is 2. The molecule has 7 fully saturated rings. The van der Waals surface area contributed by atoms with Gasteiger partial charge in [0.2, 0.25) is 0 Å². The molecule has 2 spiro atoms. The highest BCUT2D eigenvalue weighted by Crippen LogP contribution is 2.78. The van der Waals surface area contributed by atoms with E-state index >= 15 is 4.79 Å². The summed E-state index contributed by atoms with van der Waals surface area (Å²) in [5.41, 5.74) is 0.610. The van der Waals surface area contributed by atoms with Gasteiger partial charge in [0, 0.05) is 33.9 Å². The summed E-state index contributed by atoms with van der Waals surface area (Å²) >= 11 is 0. The topological polar surface area (TPSA) is 87.1 Å². The number of aliphatic hydroxyl groups excluding tert-OH is 1. The number of benzene rings is 4. The third kappa shape index (κ3) is 5.81. The van der Waals surface area contributed by atoms with E-state index in [-0.39, 0.29) is 41.1 Å². The van der Waals surface area contributed by atoms with Crippen molar-refractivity contribution in [1.82, 2.24) is 4.90 Å². The highest BCUT2D eigenvalue weighted by atomic mass is 16.6. The molecule has 14 rings (SSSR count). The number of Topliss-reactive ketones (excluding diaryl/α,β-unsaturated/α-hetero) is 1. The van der Waals surface area contributed by atoms with Crippen molar-refractivity contribution in [2.75, 3.05) is 13.1 Å². The van der Waals surface area contributed by atoms with Crippen molar-refractivity contribution in [1.29, 1.82) is 0 Å². The number of nitrogens with zero attached hydrogens (tertiary/aromatic N) is 1. The van der Waals surface area contributed by atoms with Gasteiger partial charge in [-0.05, 0) is 158 Å². The lowest BCUT2D eigenvalue weighted by Gasteiger charge is -2.71. The molecule has 4 aromatic rings. The van der Waals surface area contributed by atoms with E-state index in [1.807, 2.05) is 71.6 Å². The van der Waals surface area contributed by atoms with E-state index < -0.39 is 27.9 Å². The molecule has 2 N–H and O–H groups in total. The van der Waals surface area contributed by atoms with Crippen LogP contribution in [0.4, 0.5) is 4.79 Å². The molecular weight excluding hydrogens is 779 g/mol. The quantitative estimate of drug-likeness (QED) is 0.136. The Morgan fingerprint density at radius 1 is 0.698 bits per heavy atom. The number of amides is 1. The van der Waals surface area contributed by atoms with Gasteiger partial charge in [-0.15, -0.1) is 0 Å². The van der Waals surface area contributed by atoms with Crippen LogP contribution in [0.5, 0.6) is 5.75 Å². The molecule has 10 aliphatic carbocycles. The molecule has 326 valence electrons. The lowest BCUT2D eigenvalue weighted by molar-refractivity contribution is -0.176. The summed E-state index contributed by atoms with van der Waals surface area (Å²) in [4.78, 5) is 32.6. The molecule has 6 heteroatoms. The molecule has 1 amide bonds. The Balaban J connectivity index is 0.933. The molecule has 10 aliphatic rings. The average molecular weight is 842 g/mol. The van der Waals surface area contributed by atoms with E-state index in [1.165, 1.54) is 19.3 Å². The zero-order valence-corrected chi connectivity index (χ0v) is 37.1. The Morgan fingerprint density at radius 2 is 1.35 bits per heavy atom. The van der Waals surface area contributed by atoms with Crippen molar-refractivity contribution in [3.05, 3.63) is 126 Å². The second-order valence-corrected chi connectivity index (χ2v) is 22.7. The summed E-state index contributed by atoms with van der Waals surface area (Å²) < 4.78 is 6.37. The number of allylic oxidation sites excluding steroid dienone is 4. The van der Waals surface area contributed by atoms with Gasteiger partial charge in [-0.25, -0.2) is 4.79 Å². The minimum absolute atomic E-state index is 0.0241. The zero-order valence-electron chi connectivity index (χ0n) is 37.1. The summed E-state index contributed by atoms with van der Waals surface area (Å²) in [6.45, 7) is 5.57. The number of aliphatic hydroxyl groups is 2. The first-order valence-corrected chi connectivity index (χ1v) is 24.3. The lowest BCUT2D eigenvalue weighted by atomic mass is 9.32. The second kappa shape index (κ2) is 14.0. The van der Waals surface area contributed by atoms with Crippen LogP contribution in [0.3, 0.4) is 0 Å². The summed E-state index contributed by atoms with van der Waals surface area (Å²) in [7, 11) is 0. The summed E-state index contributed by atoms with van der Waals surface area (Å²) in [6, 6.07) is 32.3. The molecule has 0 aliphatic heterocycles. The third-order valence-electron chi connectivity index (χ3n) is 19.5. The molecule has 63 heavy (non-hydrogen) atoms. The fraction of sp³-hybridized carbons (Fsp3) is 0.509. The van der Waals surface area contributed by atoms with Gasteiger partial charge in [-0.2, -0.15) is 0 Å². The number of hydrogen-bond donors (Lipinski definition) is 2. The number of ketones is 1. The van der Waals surface area contributed by atoms with Crippen LogP contribution in [0.1, 0.15) is 108 Å². The van der Waals surface area contributed by atoms with Crippen LogP contribution < -0.4 is 4.74 Å². The van der Waals surface area contributed by atoms with Gasteiger partial charge in [0.1, 0.15) is 5.75 Å². The molecule has 8 unspecified atom stereocenters. The number of carbonyl (C=O) groups excluding carboxylic acids is 2. The largest absolute Gasteiger partial charge is 0.415 e.